The van der Waals surface area contributed by atoms with Gasteiger partial charge in [0, 0.05) is 139 Å². The number of furan rings is 2. The molecule has 0 aliphatic rings. The molecule has 14 rings (SSSR count). The summed E-state index contributed by atoms with van der Waals surface area (Å²) >= 11 is 0. The molecule has 13 nitrogen and oxygen atoms in total. The molecule has 16 heteroatoms. The van der Waals surface area contributed by atoms with Crippen LogP contribution in [0.25, 0.3) is 111 Å². The van der Waals surface area contributed by atoms with Gasteiger partial charge in [-0.15, -0.1) is 89.0 Å². The van der Waals surface area contributed by atoms with Gasteiger partial charge in [0.1, 0.15) is 5.58 Å². The first-order valence-electron chi connectivity index (χ1n) is 36.9. The summed E-state index contributed by atoms with van der Waals surface area (Å²) in [4.78, 5) is 26.3. The molecule has 0 fully saturated rings. The van der Waals surface area contributed by atoms with E-state index in [0.29, 0.717) is 79.4 Å². The summed E-state index contributed by atoms with van der Waals surface area (Å²) in [6, 6.07) is 59.8. The summed E-state index contributed by atoms with van der Waals surface area (Å²) in [6.45, 7) is -10.8. The minimum Gasteiger partial charge on any atom is -0.486 e. The van der Waals surface area contributed by atoms with Crippen molar-refractivity contribution in [2.75, 3.05) is 20.5 Å². The molecule has 14 aromatic rings. The Morgan fingerprint density at radius 2 is 0.956 bits per heavy atom. The van der Waals surface area contributed by atoms with Gasteiger partial charge in [0.2, 0.25) is 11.4 Å². The maximum Gasteiger partial charge on any atom is 0.261 e. The molecule has 2 radical (unpaired) electrons. The van der Waals surface area contributed by atoms with E-state index in [1.54, 1.807) is 54.6 Å². The van der Waals surface area contributed by atoms with Crippen molar-refractivity contribution >= 4 is 76.1 Å². The van der Waals surface area contributed by atoms with Crippen molar-refractivity contribution in [2.24, 2.45) is 0 Å². The number of hydrogen-bond acceptors (Lipinski definition) is 12. The SMILES string of the molecule is CO.CO.CS(=O)(=O)O.[2H]C([2H])([2H])C([2H])(C)c1ccnc(-c2[c-]ccc3c2oc2nc4ccccc4cc23)c1.[2H]C([2H])([2H])C([2H])(C)c1ccnc(-c2cccc3c2oc2nc4ccccc4cc23)c1.[2H]C([2H])([2H])c1c[c-]c(-c2ccc(C([2H])([2H])[2H])cn2)cc1.[2H]C([2H])([2H])c1c[c-]c(-c2ccc(C([2H])([2H])[2H])cn2)cc1.[Ir].[Ir]. The van der Waals surface area contributed by atoms with Crippen LogP contribution in [-0.2, 0) is 50.3 Å². The molecule has 0 aliphatic heterocycles. The van der Waals surface area contributed by atoms with Crippen LogP contribution in [0, 0.1) is 45.6 Å². The van der Waals surface area contributed by atoms with Crippen molar-refractivity contribution in [1.82, 2.24) is 29.9 Å². The number of fused-ring (bicyclic) bond motifs is 8. The Kier molecular flexibility index (Phi) is 17.5. The fourth-order valence-corrected chi connectivity index (χ4v) is 8.87. The van der Waals surface area contributed by atoms with Crippen molar-refractivity contribution in [1.29, 1.82) is 0 Å². The summed E-state index contributed by atoms with van der Waals surface area (Å²) in [5, 5.41) is 19.6. The second-order valence-corrected chi connectivity index (χ2v) is 20.7. The normalized spacial score (nSPS) is 16.0. The van der Waals surface area contributed by atoms with Crippen LogP contribution < -0.4 is 0 Å². The summed E-state index contributed by atoms with van der Waals surface area (Å²) < 4.78 is 188. The van der Waals surface area contributed by atoms with Gasteiger partial charge in [-0.2, -0.15) is 8.42 Å². The maximum atomic E-state index is 9.19. The van der Waals surface area contributed by atoms with Crippen molar-refractivity contribution in [3.8, 4) is 45.0 Å². The minimum atomic E-state index is -3.67. The first-order valence-corrected chi connectivity index (χ1v) is 28.8. The smallest absolute Gasteiger partial charge is 0.261 e. The number of benzene rings is 6. The van der Waals surface area contributed by atoms with Crippen LogP contribution >= 0.6 is 0 Å². The molecule has 91 heavy (non-hydrogen) atoms. The van der Waals surface area contributed by atoms with Crippen LogP contribution in [-0.4, -0.2) is 73.6 Å². The summed E-state index contributed by atoms with van der Waals surface area (Å²) in [5.74, 6) is -3.50. The van der Waals surface area contributed by atoms with Crippen LogP contribution in [0.5, 0.6) is 0 Å². The Morgan fingerprint density at radius 3 is 1.42 bits per heavy atom. The van der Waals surface area contributed by atoms with Crippen molar-refractivity contribution < 1.29 is 99.6 Å². The second-order valence-electron chi connectivity index (χ2n) is 19.2. The Labute approximate surface area is 587 Å². The molecular formula is C75H71Ir2N6O7S-3. The van der Waals surface area contributed by atoms with Gasteiger partial charge < -0.3 is 34.0 Å². The molecule has 0 amide bonds. The van der Waals surface area contributed by atoms with E-state index in [1.165, 1.54) is 75.0 Å². The first kappa shape index (κ1) is 47.4. The number of aryl methyl sites for hydroxylation is 4. The molecule has 8 heterocycles. The summed E-state index contributed by atoms with van der Waals surface area (Å²) in [6.07, 6.45) is 6.37. The van der Waals surface area contributed by atoms with Crippen molar-refractivity contribution in [2.45, 2.75) is 66.7 Å². The van der Waals surface area contributed by atoms with Crippen molar-refractivity contribution in [3.63, 3.8) is 0 Å². The van der Waals surface area contributed by atoms with E-state index < -0.39 is 63.0 Å². The molecule has 6 aromatic carbocycles. The van der Waals surface area contributed by atoms with Crippen LogP contribution in [0.15, 0.2) is 210 Å². The summed E-state index contributed by atoms with van der Waals surface area (Å²) in [7, 11) is -1.67. The second kappa shape index (κ2) is 33.5. The standard InChI is InChI=1S/C23H18N2O.C23H17N2O.2C13H12N.CH4O3S.2CH4O.2Ir/c2*1-14(2)15-10-11-24-21(13-15)18-8-5-7-17-19-12-16-6-3-4-9-20(16)25-23(19)26-22(17)18;2*1-10-3-6-12(7-4-10)13-8-5-11(2)9-14-13;1-5(2,3)4;2*1-2;;/h3-14H,1-2H3;3-7,9-14H,1-2H3;2*3-6,8-9H,1-2H3;1H3,(H,2,3,4);2*2H,1H3;;/q;3*-1;;;;;/i2*1D3,14D;2*1D3,2D3;;;;;. The van der Waals surface area contributed by atoms with Gasteiger partial charge in [0.15, 0.2) is 0 Å². The molecule has 0 spiro atoms. The van der Waals surface area contributed by atoms with Crippen molar-refractivity contribution in [3.05, 3.63) is 252 Å². The zero-order chi connectivity index (χ0) is 80.6. The quantitative estimate of drug-likeness (QED) is 0.105. The molecule has 0 saturated carbocycles. The number of para-hydroxylation sites is 3. The molecule has 0 saturated heterocycles. The third kappa shape index (κ3) is 18.8. The number of nitrogens with zero attached hydrogens (tertiary/aromatic N) is 6. The van der Waals surface area contributed by atoms with Gasteiger partial charge >= 0.3 is 0 Å². The topological polar surface area (TPSA) is 198 Å². The van der Waals surface area contributed by atoms with Gasteiger partial charge in [-0.1, -0.05) is 137 Å². The monoisotopic (exact) mass is 1610 g/mol. The number of aromatic nitrogens is 6. The molecule has 0 aliphatic carbocycles. The zero-order valence-electron chi connectivity index (χ0n) is 69.3. The van der Waals surface area contributed by atoms with Gasteiger partial charge in [-0.05, 0) is 108 Å². The van der Waals surface area contributed by atoms with E-state index in [1.807, 2.05) is 78.9 Å². The number of pyridine rings is 6. The molecule has 2 unspecified atom stereocenters. The first-order chi connectivity index (χ1) is 50.9. The largest absolute Gasteiger partial charge is 0.486 e. The number of rotatable bonds is 6. The van der Waals surface area contributed by atoms with E-state index in [4.69, 9.17) is 51.0 Å². The fourth-order valence-electron chi connectivity index (χ4n) is 8.87. The Bertz CT molecular complexity index is 5140. The maximum absolute atomic E-state index is 9.19. The fraction of sp³-hybridized carbons (Fsp3) is 0.173. The minimum absolute atomic E-state index is 0. The zero-order valence-corrected chi connectivity index (χ0v) is 54.9. The molecular weight excluding hydrogens is 1510 g/mol. The van der Waals surface area contributed by atoms with Gasteiger partial charge in [0.05, 0.1) is 28.6 Å². The molecule has 8 aromatic heterocycles. The van der Waals surface area contributed by atoms with E-state index in [2.05, 4.69) is 54.2 Å². The average molecular weight is 1610 g/mol. The van der Waals surface area contributed by atoms with Crippen LogP contribution in [0.2, 0.25) is 0 Å². The number of aliphatic hydroxyl groups is 2. The van der Waals surface area contributed by atoms with E-state index >= 15 is 0 Å². The molecule has 470 valence electrons. The Hall–Kier alpha value is -8.53. The third-order valence-corrected chi connectivity index (χ3v) is 12.9. The van der Waals surface area contributed by atoms with Gasteiger partial charge in [0.25, 0.3) is 10.1 Å². The molecule has 2 atom stereocenters. The van der Waals surface area contributed by atoms with Gasteiger partial charge in [-0.3, -0.25) is 9.54 Å². The van der Waals surface area contributed by atoms with E-state index in [9.17, 15) is 8.42 Å². The Balaban J connectivity index is 0.000000225. The van der Waals surface area contributed by atoms with Crippen LogP contribution in [0.3, 0.4) is 0 Å². The molecule has 0 bridgehead atoms. The number of aliphatic hydroxyl groups excluding tert-OH is 2. The van der Waals surface area contributed by atoms with Crippen LogP contribution in [0.4, 0.5) is 0 Å². The third-order valence-electron chi connectivity index (χ3n) is 12.9. The van der Waals surface area contributed by atoms with Gasteiger partial charge in [-0.25, -0.2) is 9.97 Å². The van der Waals surface area contributed by atoms with Crippen LogP contribution in [0.1, 0.15) is 100 Å². The summed E-state index contributed by atoms with van der Waals surface area (Å²) in [5.41, 5.74) is 10.2. The van der Waals surface area contributed by atoms with E-state index in [0.717, 1.165) is 63.1 Å². The number of hydrogen-bond donors (Lipinski definition) is 3. The average Bonchev–Trinajstić information content (AvgIpc) is 1.59. The Morgan fingerprint density at radius 1 is 0.495 bits per heavy atom. The predicted molar refractivity (Wildman–Crippen MR) is 361 cm³/mol. The van der Waals surface area contributed by atoms with E-state index in [-0.39, 0.29) is 62.5 Å². The molecule has 3 N–H and O–H groups in total. The predicted octanol–water partition coefficient (Wildman–Crippen LogP) is 17.5.